The Hall–Kier alpha value is -1.71. The summed E-state index contributed by atoms with van der Waals surface area (Å²) in [5.41, 5.74) is 1.54. The lowest BCUT2D eigenvalue weighted by molar-refractivity contribution is -0.0153. The van der Waals surface area contributed by atoms with Crippen LogP contribution in [0.4, 0.5) is 5.69 Å². The van der Waals surface area contributed by atoms with E-state index >= 15 is 0 Å². The zero-order chi connectivity index (χ0) is 29.5. The molecule has 0 unspecified atom stereocenters. The number of nitrogens with one attached hydrogen (secondary N) is 1. The van der Waals surface area contributed by atoms with Crippen LogP contribution in [0.3, 0.4) is 0 Å². The highest BCUT2D eigenvalue weighted by Gasteiger charge is 2.06. The molecule has 0 saturated heterocycles. The van der Waals surface area contributed by atoms with Gasteiger partial charge in [-0.05, 0) is 37.1 Å². The summed E-state index contributed by atoms with van der Waals surface area (Å²) in [6.45, 7) is 11.0. The van der Waals surface area contributed by atoms with Crippen LogP contribution in [0, 0.1) is 0 Å². The molecule has 0 aliphatic heterocycles. The first-order valence-electron chi connectivity index (χ1n) is 16.2. The van der Waals surface area contributed by atoms with Crippen molar-refractivity contribution in [3.8, 4) is 0 Å². The molecule has 0 radical (unpaired) electrons. The van der Waals surface area contributed by atoms with Gasteiger partial charge in [-0.15, -0.1) is 0 Å². The Morgan fingerprint density at radius 2 is 0.927 bits per heavy atom. The summed E-state index contributed by atoms with van der Waals surface area (Å²) in [5.74, 6) is -0.344. The zero-order valence-corrected chi connectivity index (χ0v) is 26.1. The Morgan fingerprint density at radius 1 is 0.512 bits per heavy atom. The lowest BCUT2D eigenvalue weighted by atomic mass is 10.1. The van der Waals surface area contributed by atoms with Gasteiger partial charge in [0.2, 0.25) is 0 Å². The van der Waals surface area contributed by atoms with Crippen LogP contribution >= 0.6 is 0 Å². The van der Waals surface area contributed by atoms with Gasteiger partial charge in [0.25, 0.3) is 0 Å². The third-order valence-corrected chi connectivity index (χ3v) is 6.57. The van der Waals surface area contributed by atoms with Crippen LogP contribution < -0.4 is 5.32 Å². The lowest BCUT2D eigenvalue weighted by Gasteiger charge is -2.09. The largest absolute Gasteiger partial charge is 0.460 e. The first-order valence-corrected chi connectivity index (χ1v) is 16.2. The Morgan fingerprint density at radius 3 is 1.41 bits per heavy atom. The van der Waals surface area contributed by atoms with Gasteiger partial charge in [-0.1, -0.05) is 78.1 Å². The van der Waals surface area contributed by atoms with E-state index in [9.17, 15) is 4.79 Å². The van der Waals surface area contributed by atoms with Crippen molar-refractivity contribution < 1.29 is 33.2 Å². The second-order valence-corrected chi connectivity index (χ2v) is 10.2. The Balaban J connectivity index is 1.75. The molecule has 8 heteroatoms. The molecule has 1 N–H and O–H groups in total. The highest BCUT2D eigenvalue weighted by Crippen LogP contribution is 2.11. The summed E-state index contributed by atoms with van der Waals surface area (Å²) in [7, 11) is 0. The molecule has 0 aliphatic carbocycles. The first kappa shape index (κ1) is 37.3. The van der Waals surface area contributed by atoms with Crippen molar-refractivity contribution in [1.29, 1.82) is 0 Å². The third kappa shape index (κ3) is 24.6. The van der Waals surface area contributed by atoms with E-state index in [1.54, 1.807) is 12.1 Å². The predicted octanol–water partition coefficient (Wildman–Crippen LogP) is 7.06. The number of benzene rings is 1. The van der Waals surface area contributed by atoms with Gasteiger partial charge in [0.1, 0.15) is 6.61 Å². The fourth-order valence-corrected chi connectivity index (χ4v) is 4.08. The average Bonchev–Trinajstić information content (AvgIpc) is 2.99. The lowest BCUT2D eigenvalue weighted by Crippen LogP contribution is -2.15. The molecule has 0 spiro atoms. The van der Waals surface area contributed by atoms with E-state index in [1.165, 1.54) is 57.8 Å². The number of hydrogen-bond donors (Lipinski definition) is 1. The highest BCUT2D eigenvalue weighted by molar-refractivity contribution is 5.89. The second kappa shape index (κ2) is 29.8. The molecule has 1 rings (SSSR count). The van der Waals surface area contributed by atoms with E-state index < -0.39 is 0 Å². The molecular formula is C33H59NO7. The van der Waals surface area contributed by atoms with Gasteiger partial charge in [0.15, 0.2) is 0 Å². The first-order chi connectivity index (χ1) is 20.3. The monoisotopic (exact) mass is 581 g/mol. The molecule has 0 atom stereocenters. The number of unbranched alkanes of at least 4 members (excludes halogenated alkanes) is 10. The molecule has 238 valence electrons. The van der Waals surface area contributed by atoms with Crippen molar-refractivity contribution >= 4 is 11.7 Å². The van der Waals surface area contributed by atoms with Crippen LogP contribution in [-0.4, -0.2) is 85.2 Å². The predicted molar refractivity (Wildman–Crippen MR) is 166 cm³/mol. The molecule has 0 bridgehead atoms. The van der Waals surface area contributed by atoms with Crippen molar-refractivity contribution in [3.63, 3.8) is 0 Å². The molecule has 0 amide bonds. The maximum Gasteiger partial charge on any atom is 0.338 e. The number of carbonyl (C=O) groups is 1. The molecule has 0 aliphatic rings. The van der Waals surface area contributed by atoms with Crippen LogP contribution in [-0.2, 0) is 28.4 Å². The molecule has 0 heterocycles. The second-order valence-electron chi connectivity index (χ2n) is 10.2. The molecule has 41 heavy (non-hydrogen) atoms. The maximum atomic E-state index is 12.1. The number of esters is 1. The van der Waals surface area contributed by atoms with E-state index in [-0.39, 0.29) is 12.6 Å². The van der Waals surface area contributed by atoms with Gasteiger partial charge in [-0.3, -0.25) is 0 Å². The minimum atomic E-state index is -0.344. The Kier molecular flexibility index (Phi) is 27.1. The van der Waals surface area contributed by atoms with Crippen LogP contribution in [0.5, 0.6) is 0 Å². The number of ether oxygens (including phenoxy) is 6. The van der Waals surface area contributed by atoms with Gasteiger partial charge in [-0.2, -0.15) is 0 Å². The van der Waals surface area contributed by atoms with Crippen molar-refractivity contribution in [2.45, 2.75) is 90.9 Å². The topological polar surface area (TPSA) is 84.5 Å². The third-order valence-electron chi connectivity index (χ3n) is 6.57. The van der Waals surface area contributed by atoms with E-state index in [1.807, 2.05) is 12.1 Å². The highest BCUT2D eigenvalue weighted by atomic mass is 16.6. The van der Waals surface area contributed by atoms with Gasteiger partial charge < -0.3 is 33.7 Å². The fraction of sp³-hybridized carbons (Fsp3) is 0.788. The van der Waals surface area contributed by atoms with Gasteiger partial charge in [-0.25, -0.2) is 4.79 Å². The summed E-state index contributed by atoms with van der Waals surface area (Å²) in [5, 5.41) is 3.32. The van der Waals surface area contributed by atoms with E-state index in [0.717, 1.165) is 38.1 Å². The van der Waals surface area contributed by atoms with Crippen molar-refractivity contribution in [2.75, 3.05) is 84.5 Å². The molecule has 1 aromatic rings. The van der Waals surface area contributed by atoms with Crippen molar-refractivity contribution in [2.24, 2.45) is 0 Å². The van der Waals surface area contributed by atoms with E-state index in [0.29, 0.717) is 65.0 Å². The summed E-state index contributed by atoms with van der Waals surface area (Å²) in [6.07, 6.45) is 15.7. The molecule has 1 aromatic carbocycles. The minimum absolute atomic E-state index is 0.211. The average molecular weight is 582 g/mol. The quantitative estimate of drug-likeness (QED) is 0.0737. The number of anilines is 1. The van der Waals surface area contributed by atoms with Crippen LogP contribution in [0.25, 0.3) is 0 Å². The zero-order valence-electron chi connectivity index (χ0n) is 26.1. The molecule has 8 nitrogen and oxygen atoms in total. The van der Waals surface area contributed by atoms with Crippen molar-refractivity contribution in [1.82, 2.24) is 0 Å². The SMILES string of the molecule is CCCCCCCCCCCCOCCOCCOCCOCCOCCOC(=O)c1ccc(NCCCC)cc1. The summed E-state index contributed by atoms with van der Waals surface area (Å²) in [4.78, 5) is 12.1. The normalized spacial score (nSPS) is 11.2. The smallest absolute Gasteiger partial charge is 0.338 e. The van der Waals surface area contributed by atoms with Crippen LogP contribution in [0.2, 0.25) is 0 Å². The van der Waals surface area contributed by atoms with Gasteiger partial charge in [0.05, 0.1) is 65.0 Å². The Labute approximate surface area is 250 Å². The van der Waals surface area contributed by atoms with Gasteiger partial charge in [0, 0.05) is 18.8 Å². The molecule has 0 fully saturated rings. The van der Waals surface area contributed by atoms with Crippen LogP contribution in [0.15, 0.2) is 24.3 Å². The number of hydrogen-bond acceptors (Lipinski definition) is 8. The molecular weight excluding hydrogens is 522 g/mol. The number of rotatable bonds is 31. The van der Waals surface area contributed by atoms with Crippen LogP contribution in [0.1, 0.15) is 101 Å². The maximum absolute atomic E-state index is 12.1. The Bertz CT molecular complexity index is 687. The summed E-state index contributed by atoms with van der Waals surface area (Å²) >= 11 is 0. The van der Waals surface area contributed by atoms with Crippen molar-refractivity contribution in [3.05, 3.63) is 29.8 Å². The minimum Gasteiger partial charge on any atom is -0.460 e. The summed E-state index contributed by atoms with van der Waals surface area (Å²) in [6, 6.07) is 7.34. The van der Waals surface area contributed by atoms with E-state index in [4.69, 9.17) is 28.4 Å². The standard InChI is InChI=1S/C33H59NO7/c1-3-5-7-8-9-10-11-12-13-14-20-36-21-22-37-23-24-38-25-26-39-27-28-40-29-30-41-33(35)31-15-17-32(18-16-31)34-19-6-4-2/h15-18,34H,3-14,19-30H2,1-2H3. The van der Waals surface area contributed by atoms with E-state index in [2.05, 4.69) is 19.2 Å². The summed E-state index contributed by atoms with van der Waals surface area (Å²) < 4.78 is 32.9. The number of carbonyl (C=O) groups excluding carboxylic acids is 1. The molecule has 0 saturated carbocycles. The molecule has 0 aromatic heterocycles. The fourth-order valence-electron chi connectivity index (χ4n) is 4.08. The van der Waals surface area contributed by atoms with Gasteiger partial charge >= 0.3 is 5.97 Å².